The van der Waals surface area contributed by atoms with Gasteiger partial charge in [0.2, 0.25) is 9.47 Å². The summed E-state index contributed by atoms with van der Waals surface area (Å²) in [5.74, 6) is 0.443. The van der Waals surface area contributed by atoms with Gasteiger partial charge in [0.1, 0.15) is 0 Å². The first kappa shape index (κ1) is 18.1. The Labute approximate surface area is 140 Å². The second kappa shape index (κ2) is 6.33. The molecule has 1 aromatic heterocycles. The van der Waals surface area contributed by atoms with E-state index in [-0.39, 0.29) is 15.9 Å². The van der Waals surface area contributed by atoms with Crippen molar-refractivity contribution in [1.29, 1.82) is 0 Å². The van der Waals surface area contributed by atoms with Crippen LogP contribution >= 0.6 is 11.3 Å². The number of nitrogens with zero attached hydrogens (tertiary/aromatic N) is 4. The third-order valence-electron chi connectivity index (χ3n) is 3.19. The number of sulfonamides is 1. The Hall–Kier alpha value is -1.26. The highest BCUT2D eigenvalue weighted by atomic mass is 32.2. The molecule has 1 saturated carbocycles. The third-order valence-corrected chi connectivity index (χ3v) is 6.30. The van der Waals surface area contributed by atoms with Crippen LogP contribution in [0, 0.1) is 5.92 Å². The molecule has 0 saturated heterocycles. The number of rotatable bonds is 5. The van der Waals surface area contributed by atoms with Crippen LogP contribution in [0.25, 0.3) is 0 Å². The molecule has 8 nitrogen and oxygen atoms in total. The summed E-state index contributed by atoms with van der Waals surface area (Å²) in [7, 11) is -0.773. The molecule has 2 amide bonds. The zero-order chi connectivity index (χ0) is 17.4. The fraction of sp³-hybridized carbons (Fsp3) is 0.769. The molecule has 1 aliphatic rings. The molecule has 0 aliphatic heterocycles. The molecular weight excluding hydrogens is 338 g/mol. The van der Waals surface area contributed by atoms with Gasteiger partial charge in [-0.25, -0.2) is 17.5 Å². The average Bonchev–Trinajstić information content (AvgIpc) is 3.08. The smallest absolute Gasteiger partial charge is 0.324 e. The van der Waals surface area contributed by atoms with Crippen molar-refractivity contribution in [2.45, 2.75) is 43.5 Å². The Morgan fingerprint density at radius 2 is 1.91 bits per heavy atom. The van der Waals surface area contributed by atoms with Gasteiger partial charge in [0.05, 0.1) is 0 Å². The van der Waals surface area contributed by atoms with Crippen molar-refractivity contribution in [2.75, 3.05) is 25.5 Å². The first-order valence-electron chi connectivity index (χ1n) is 7.36. The minimum absolute atomic E-state index is 0.109. The molecule has 0 unspecified atom stereocenters. The molecule has 1 heterocycles. The van der Waals surface area contributed by atoms with E-state index in [9.17, 15) is 13.2 Å². The Kier molecular flexibility index (Phi) is 4.97. The molecule has 0 radical (unpaired) electrons. The Morgan fingerprint density at radius 3 is 2.39 bits per heavy atom. The van der Waals surface area contributed by atoms with Gasteiger partial charge in [-0.3, -0.25) is 4.90 Å². The lowest BCUT2D eigenvalue weighted by Gasteiger charge is -2.26. The number of carbonyl (C=O) groups excluding carboxylic acids is 1. The highest BCUT2D eigenvalue weighted by molar-refractivity contribution is 7.91. The molecule has 0 spiro atoms. The molecule has 2 rings (SSSR count). The number of hydrogen-bond acceptors (Lipinski definition) is 6. The second-order valence-corrected chi connectivity index (χ2v) is 10.2. The average molecular weight is 361 g/mol. The van der Waals surface area contributed by atoms with Gasteiger partial charge in [0, 0.05) is 26.2 Å². The number of urea groups is 1. The summed E-state index contributed by atoms with van der Waals surface area (Å²) in [5.41, 5.74) is -0.387. The van der Waals surface area contributed by atoms with E-state index in [1.807, 2.05) is 20.8 Å². The molecule has 1 fully saturated rings. The van der Waals surface area contributed by atoms with Crippen LogP contribution in [0.4, 0.5) is 9.93 Å². The summed E-state index contributed by atoms with van der Waals surface area (Å²) in [6.45, 7) is 6.20. The van der Waals surface area contributed by atoms with E-state index in [1.165, 1.54) is 19.0 Å². The SMILES string of the molecule is CN(C)S(=O)(=O)c1nnc(N(CC2CC2)C(=O)NC(C)(C)C)s1. The first-order chi connectivity index (χ1) is 10.5. The molecule has 10 heteroatoms. The number of hydrogen-bond donors (Lipinski definition) is 1. The van der Waals surface area contributed by atoms with Crippen LogP contribution in [0.3, 0.4) is 0 Å². The minimum atomic E-state index is -3.64. The Morgan fingerprint density at radius 1 is 1.30 bits per heavy atom. The van der Waals surface area contributed by atoms with Gasteiger partial charge in [0.25, 0.3) is 10.0 Å². The van der Waals surface area contributed by atoms with Crippen molar-refractivity contribution >= 4 is 32.5 Å². The normalized spacial score (nSPS) is 15.7. The molecular formula is C13H23N5O3S2. The summed E-state index contributed by atoms with van der Waals surface area (Å²) in [5, 5.41) is 10.9. The lowest BCUT2D eigenvalue weighted by atomic mass is 10.1. The fourth-order valence-electron chi connectivity index (χ4n) is 1.77. The maximum Gasteiger partial charge on any atom is 0.324 e. The first-order valence-corrected chi connectivity index (χ1v) is 9.62. The van der Waals surface area contributed by atoms with E-state index in [1.54, 1.807) is 0 Å². The monoisotopic (exact) mass is 361 g/mol. The van der Waals surface area contributed by atoms with E-state index in [4.69, 9.17) is 0 Å². The number of anilines is 1. The van der Waals surface area contributed by atoms with Crippen molar-refractivity contribution < 1.29 is 13.2 Å². The highest BCUT2D eigenvalue weighted by Crippen LogP contribution is 2.33. The van der Waals surface area contributed by atoms with Gasteiger partial charge in [-0.2, -0.15) is 0 Å². The third kappa shape index (κ3) is 4.61. The van der Waals surface area contributed by atoms with Gasteiger partial charge >= 0.3 is 6.03 Å². The standard InChI is InChI=1S/C13H23N5O3S2/c1-13(2,3)14-10(19)18(8-9-6-7-9)11-15-16-12(22-11)23(20,21)17(4)5/h9H,6-8H2,1-5H3,(H,14,19). The minimum Gasteiger partial charge on any atom is -0.333 e. The van der Waals surface area contributed by atoms with Crippen molar-refractivity contribution in [1.82, 2.24) is 19.8 Å². The molecule has 1 aliphatic carbocycles. The van der Waals surface area contributed by atoms with Gasteiger partial charge in [-0.1, -0.05) is 11.3 Å². The molecule has 0 aromatic carbocycles. The van der Waals surface area contributed by atoms with E-state index < -0.39 is 10.0 Å². The van der Waals surface area contributed by atoms with Gasteiger partial charge < -0.3 is 5.32 Å². The summed E-state index contributed by atoms with van der Waals surface area (Å²) >= 11 is 0.914. The predicted octanol–water partition coefficient (Wildman–Crippen LogP) is 1.51. The van der Waals surface area contributed by atoms with E-state index in [0.717, 1.165) is 28.5 Å². The van der Waals surface area contributed by atoms with Crippen LogP contribution in [-0.4, -0.2) is 55.1 Å². The van der Waals surface area contributed by atoms with E-state index in [2.05, 4.69) is 15.5 Å². The fourth-order valence-corrected chi connectivity index (χ4v) is 3.90. The van der Waals surface area contributed by atoms with Gasteiger partial charge in [-0.15, -0.1) is 10.2 Å². The molecule has 0 bridgehead atoms. The van der Waals surface area contributed by atoms with Crippen LogP contribution in [0.1, 0.15) is 33.6 Å². The summed E-state index contributed by atoms with van der Waals surface area (Å²) in [6, 6.07) is -0.283. The maximum absolute atomic E-state index is 12.5. The van der Waals surface area contributed by atoms with E-state index in [0.29, 0.717) is 17.6 Å². The summed E-state index contributed by atoms with van der Waals surface area (Å²) < 4.78 is 25.2. The zero-order valence-corrected chi connectivity index (χ0v) is 15.7. The second-order valence-electron chi connectivity index (χ2n) is 6.87. The van der Waals surface area contributed by atoms with Crippen LogP contribution in [0.15, 0.2) is 4.34 Å². The lowest BCUT2D eigenvalue weighted by Crippen LogP contribution is -2.49. The lowest BCUT2D eigenvalue weighted by molar-refractivity contribution is 0.237. The van der Waals surface area contributed by atoms with E-state index >= 15 is 0 Å². The number of amides is 2. The van der Waals surface area contributed by atoms with Crippen LogP contribution < -0.4 is 10.2 Å². The maximum atomic E-state index is 12.5. The molecule has 130 valence electrons. The van der Waals surface area contributed by atoms with Gasteiger partial charge in [0.15, 0.2) is 0 Å². The van der Waals surface area contributed by atoms with Crippen molar-refractivity contribution in [2.24, 2.45) is 5.92 Å². The highest BCUT2D eigenvalue weighted by Gasteiger charge is 2.32. The topological polar surface area (TPSA) is 95.5 Å². The van der Waals surface area contributed by atoms with Crippen molar-refractivity contribution in [3.63, 3.8) is 0 Å². The Bertz CT molecular complexity index is 674. The van der Waals surface area contributed by atoms with Crippen LogP contribution in [0.5, 0.6) is 0 Å². The number of carbonyl (C=O) groups is 1. The zero-order valence-electron chi connectivity index (χ0n) is 14.0. The van der Waals surface area contributed by atoms with Gasteiger partial charge in [-0.05, 0) is 39.5 Å². The molecule has 23 heavy (non-hydrogen) atoms. The number of nitrogens with one attached hydrogen (secondary N) is 1. The van der Waals surface area contributed by atoms with Crippen LogP contribution in [0.2, 0.25) is 0 Å². The molecule has 0 atom stereocenters. The Balaban J connectivity index is 2.26. The quantitative estimate of drug-likeness (QED) is 0.802. The molecule has 1 N–H and O–H groups in total. The number of aromatic nitrogens is 2. The van der Waals surface area contributed by atoms with Crippen molar-refractivity contribution in [3.05, 3.63) is 0 Å². The summed E-state index contributed by atoms with van der Waals surface area (Å²) in [4.78, 5) is 14.0. The largest absolute Gasteiger partial charge is 0.333 e. The van der Waals surface area contributed by atoms with Crippen LogP contribution in [-0.2, 0) is 10.0 Å². The molecule has 1 aromatic rings. The predicted molar refractivity (Wildman–Crippen MR) is 89.1 cm³/mol. The van der Waals surface area contributed by atoms with Crippen molar-refractivity contribution in [3.8, 4) is 0 Å². The summed E-state index contributed by atoms with van der Waals surface area (Å²) in [6.07, 6.45) is 2.14.